The normalized spacial score (nSPS) is 15.9. The highest BCUT2D eigenvalue weighted by atomic mass is 19.2. The fourth-order valence-electron chi connectivity index (χ4n) is 1.76. The Morgan fingerprint density at radius 3 is 2.37 bits per heavy atom. The van der Waals surface area contributed by atoms with Crippen LogP contribution in [0.25, 0.3) is 0 Å². The van der Waals surface area contributed by atoms with Crippen LogP contribution in [0.4, 0.5) is 14.5 Å². The minimum atomic E-state index is -1.45. The smallest absolute Gasteiger partial charge is 0.337 e. The van der Waals surface area contributed by atoms with E-state index in [1.54, 1.807) is 0 Å². The minimum absolute atomic E-state index is 0.130. The van der Waals surface area contributed by atoms with Crippen molar-refractivity contribution in [3.05, 3.63) is 29.3 Å². The summed E-state index contributed by atoms with van der Waals surface area (Å²) in [7, 11) is 0. The Kier molecular flexibility index (Phi) is 3.23. The molecule has 0 bridgehead atoms. The maximum atomic E-state index is 13.1. The Hall–Kier alpha value is -2.02. The van der Waals surface area contributed by atoms with E-state index < -0.39 is 34.5 Å². The largest absolute Gasteiger partial charge is 0.478 e. The lowest BCUT2D eigenvalue weighted by Crippen LogP contribution is -2.31. The van der Waals surface area contributed by atoms with E-state index >= 15 is 0 Å². The number of rotatable bonds is 4. The molecule has 2 rings (SSSR count). The molecule has 0 heterocycles. The van der Waals surface area contributed by atoms with Gasteiger partial charge in [0.15, 0.2) is 11.6 Å². The molecule has 7 heteroatoms. The van der Waals surface area contributed by atoms with Crippen molar-refractivity contribution in [3.8, 4) is 0 Å². The maximum Gasteiger partial charge on any atom is 0.337 e. The molecule has 1 fully saturated rings. The van der Waals surface area contributed by atoms with E-state index in [9.17, 15) is 18.4 Å². The van der Waals surface area contributed by atoms with Crippen molar-refractivity contribution in [2.45, 2.75) is 12.8 Å². The number of hydrogen-bond donors (Lipinski definition) is 3. The number of carboxylic acids is 1. The fourth-order valence-corrected chi connectivity index (χ4v) is 1.76. The minimum Gasteiger partial charge on any atom is -0.478 e. The highest BCUT2D eigenvalue weighted by Gasteiger charge is 2.48. The zero-order chi connectivity index (χ0) is 14.2. The number of carbonyl (C=O) groups is 2. The molecule has 0 aliphatic heterocycles. The van der Waals surface area contributed by atoms with E-state index in [0.717, 1.165) is 0 Å². The number of aromatic carboxylic acids is 1. The summed E-state index contributed by atoms with van der Waals surface area (Å²) in [6.07, 6.45) is 1.20. The SMILES string of the molecule is NCC1(C(=O)Nc2cc(F)c(F)cc2C(=O)O)CC1. The predicted octanol–water partition coefficient (Wildman–Crippen LogP) is 1.34. The number of hydrogen-bond acceptors (Lipinski definition) is 3. The van der Waals surface area contributed by atoms with Crippen LogP contribution in [0.1, 0.15) is 23.2 Å². The van der Waals surface area contributed by atoms with Gasteiger partial charge < -0.3 is 16.2 Å². The average molecular weight is 270 g/mol. The number of nitrogens with one attached hydrogen (secondary N) is 1. The van der Waals surface area contributed by atoms with Crippen molar-refractivity contribution in [1.29, 1.82) is 0 Å². The van der Waals surface area contributed by atoms with Gasteiger partial charge in [0.05, 0.1) is 16.7 Å². The zero-order valence-corrected chi connectivity index (χ0v) is 9.87. The van der Waals surface area contributed by atoms with E-state index in [0.29, 0.717) is 25.0 Å². The molecule has 4 N–H and O–H groups in total. The van der Waals surface area contributed by atoms with Crippen LogP contribution in [0.2, 0.25) is 0 Å². The van der Waals surface area contributed by atoms with Crippen LogP contribution in [-0.2, 0) is 4.79 Å². The zero-order valence-electron chi connectivity index (χ0n) is 9.87. The molecule has 1 amide bonds. The van der Waals surface area contributed by atoms with Gasteiger partial charge >= 0.3 is 5.97 Å². The van der Waals surface area contributed by atoms with Gasteiger partial charge in [-0.3, -0.25) is 4.79 Å². The third kappa shape index (κ3) is 2.41. The molecule has 1 aromatic rings. The molecule has 0 atom stereocenters. The van der Waals surface area contributed by atoms with Crippen LogP contribution in [0, 0.1) is 17.0 Å². The van der Waals surface area contributed by atoms with Crippen LogP contribution >= 0.6 is 0 Å². The summed E-state index contributed by atoms with van der Waals surface area (Å²) in [5.74, 6) is -4.43. The van der Waals surface area contributed by atoms with Crippen molar-refractivity contribution in [1.82, 2.24) is 0 Å². The van der Waals surface area contributed by atoms with Crippen LogP contribution in [0.5, 0.6) is 0 Å². The van der Waals surface area contributed by atoms with Crippen LogP contribution in [-0.4, -0.2) is 23.5 Å². The summed E-state index contributed by atoms with van der Waals surface area (Å²) < 4.78 is 26.1. The summed E-state index contributed by atoms with van der Waals surface area (Å²) in [6.45, 7) is 0.130. The lowest BCUT2D eigenvalue weighted by Gasteiger charge is -2.14. The first-order valence-electron chi connectivity index (χ1n) is 5.63. The number of amides is 1. The molecule has 1 aliphatic rings. The lowest BCUT2D eigenvalue weighted by molar-refractivity contribution is -0.120. The monoisotopic (exact) mass is 270 g/mol. The number of anilines is 1. The molecule has 1 aliphatic carbocycles. The van der Waals surface area contributed by atoms with Crippen molar-refractivity contribution in [3.63, 3.8) is 0 Å². The average Bonchev–Trinajstić information content (AvgIpc) is 3.14. The van der Waals surface area contributed by atoms with Gasteiger partial charge in [0.25, 0.3) is 0 Å². The van der Waals surface area contributed by atoms with Crippen molar-refractivity contribution < 1.29 is 23.5 Å². The molecule has 19 heavy (non-hydrogen) atoms. The molecule has 0 radical (unpaired) electrons. The second-order valence-electron chi connectivity index (χ2n) is 4.56. The van der Waals surface area contributed by atoms with Gasteiger partial charge in [-0.25, -0.2) is 13.6 Å². The van der Waals surface area contributed by atoms with Crippen molar-refractivity contribution in [2.75, 3.05) is 11.9 Å². The van der Waals surface area contributed by atoms with Crippen LogP contribution in [0.3, 0.4) is 0 Å². The number of nitrogens with two attached hydrogens (primary N) is 1. The first-order chi connectivity index (χ1) is 8.89. The fraction of sp³-hybridized carbons (Fsp3) is 0.333. The first kappa shape index (κ1) is 13.4. The Bertz CT molecular complexity index is 556. The van der Waals surface area contributed by atoms with Crippen LogP contribution in [0.15, 0.2) is 12.1 Å². The molecule has 102 valence electrons. The Labute approximate surface area is 107 Å². The van der Waals surface area contributed by atoms with Gasteiger partial charge in [-0.2, -0.15) is 0 Å². The van der Waals surface area contributed by atoms with E-state index in [2.05, 4.69) is 5.32 Å². The molecule has 0 spiro atoms. The Balaban J connectivity index is 2.31. The second kappa shape index (κ2) is 4.58. The number of benzene rings is 1. The highest BCUT2D eigenvalue weighted by Crippen LogP contribution is 2.45. The quantitative estimate of drug-likeness (QED) is 0.769. The third-order valence-electron chi connectivity index (χ3n) is 3.27. The van der Waals surface area contributed by atoms with Gasteiger partial charge in [0.2, 0.25) is 5.91 Å². The Morgan fingerprint density at radius 1 is 1.32 bits per heavy atom. The van der Waals surface area contributed by atoms with Gasteiger partial charge in [-0.15, -0.1) is 0 Å². The van der Waals surface area contributed by atoms with Crippen LogP contribution < -0.4 is 11.1 Å². The molecule has 1 saturated carbocycles. The third-order valence-corrected chi connectivity index (χ3v) is 3.27. The summed E-state index contributed by atoms with van der Waals surface area (Å²) >= 11 is 0. The summed E-state index contributed by atoms with van der Waals surface area (Å²) in [4.78, 5) is 22.8. The maximum absolute atomic E-state index is 13.1. The topological polar surface area (TPSA) is 92.4 Å². The molecule has 5 nitrogen and oxygen atoms in total. The van der Waals surface area contributed by atoms with E-state index in [1.807, 2.05) is 0 Å². The summed E-state index contributed by atoms with van der Waals surface area (Å²) in [6, 6.07) is 1.19. The number of carboxylic acid groups (broad SMARTS) is 1. The molecule has 0 aromatic heterocycles. The molecule has 0 unspecified atom stereocenters. The van der Waals surface area contributed by atoms with Gasteiger partial charge in [0.1, 0.15) is 0 Å². The van der Waals surface area contributed by atoms with Crippen molar-refractivity contribution >= 4 is 17.6 Å². The number of carbonyl (C=O) groups excluding carboxylic acids is 1. The number of halogens is 2. The molecule has 1 aromatic carbocycles. The van der Waals surface area contributed by atoms with E-state index in [1.165, 1.54) is 0 Å². The Morgan fingerprint density at radius 2 is 1.89 bits per heavy atom. The van der Waals surface area contributed by atoms with E-state index in [-0.39, 0.29) is 12.2 Å². The van der Waals surface area contributed by atoms with Gasteiger partial charge in [-0.1, -0.05) is 0 Å². The van der Waals surface area contributed by atoms with Gasteiger partial charge in [-0.05, 0) is 18.9 Å². The van der Waals surface area contributed by atoms with E-state index in [4.69, 9.17) is 10.8 Å². The lowest BCUT2D eigenvalue weighted by atomic mass is 10.1. The van der Waals surface area contributed by atoms with Gasteiger partial charge in [0, 0.05) is 12.6 Å². The molecule has 0 saturated heterocycles. The van der Waals surface area contributed by atoms with Crippen molar-refractivity contribution in [2.24, 2.45) is 11.1 Å². The predicted molar refractivity (Wildman–Crippen MR) is 62.7 cm³/mol. The summed E-state index contributed by atoms with van der Waals surface area (Å²) in [5, 5.41) is 11.2. The standard InChI is InChI=1S/C12H12F2N2O3/c13-7-3-6(10(17)18)9(4-8(7)14)16-11(19)12(5-15)1-2-12/h3-4H,1-2,5,15H2,(H,16,19)(H,17,18). The summed E-state index contributed by atoms with van der Waals surface area (Å²) in [5.41, 5.74) is 3.99. The highest BCUT2D eigenvalue weighted by molar-refractivity contribution is 6.03. The molecular weight excluding hydrogens is 258 g/mol. The first-order valence-corrected chi connectivity index (χ1v) is 5.63. The molecular formula is C12H12F2N2O3. The second-order valence-corrected chi connectivity index (χ2v) is 4.56.